The number of hydrogen-bond acceptors (Lipinski definition) is 6. The Morgan fingerprint density at radius 2 is 2.10 bits per heavy atom. The van der Waals surface area contributed by atoms with Gasteiger partial charge in [0.1, 0.15) is 6.10 Å². The van der Waals surface area contributed by atoms with Crippen LogP contribution >= 0.6 is 12.4 Å². The number of halogens is 1. The van der Waals surface area contributed by atoms with Gasteiger partial charge >= 0.3 is 0 Å². The molecular formula is C13H25ClN4O3. The summed E-state index contributed by atoms with van der Waals surface area (Å²) in [4.78, 5) is 17.8. The average molecular weight is 321 g/mol. The lowest BCUT2D eigenvalue weighted by Gasteiger charge is -2.23. The van der Waals surface area contributed by atoms with E-state index in [-0.39, 0.29) is 36.9 Å². The van der Waals surface area contributed by atoms with Crippen molar-refractivity contribution in [3.05, 3.63) is 11.7 Å². The molecule has 0 aliphatic carbocycles. The predicted octanol–water partition coefficient (Wildman–Crippen LogP) is 1.53. The summed E-state index contributed by atoms with van der Waals surface area (Å²) in [6.45, 7) is 6.03. The van der Waals surface area contributed by atoms with Crippen LogP contribution in [0.25, 0.3) is 0 Å². The summed E-state index contributed by atoms with van der Waals surface area (Å²) < 4.78 is 10.2. The Morgan fingerprint density at radius 1 is 1.48 bits per heavy atom. The van der Waals surface area contributed by atoms with E-state index in [0.29, 0.717) is 11.7 Å². The molecule has 21 heavy (non-hydrogen) atoms. The Bertz CT molecular complexity index is 441. The van der Waals surface area contributed by atoms with Gasteiger partial charge in [0.2, 0.25) is 11.8 Å². The SMILES string of the molecule is CCC(C)C(N)C(=O)N(C)Cc1nc(C(C)OC)no1.Cl. The van der Waals surface area contributed by atoms with Crippen LogP contribution < -0.4 is 5.73 Å². The van der Waals surface area contributed by atoms with E-state index in [1.807, 2.05) is 20.8 Å². The highest BCUT2D eigenvalue weighted by atomic mass is 35.5. The molecule has 1 amide bonds. The quantitative estimate of drug-likeness (QED) is 0.818. The number of ether oxygens (including phenoxy) is 1. The summed E-state index contributed by atoms with van der Waals surface area (Å²) in [5.74, 6) is 0.848. The molecule has 1 aromatic rings. The summed E-state index contributed by atoms with van der Waals surface area (Å²) in [5, 5.41) is 3.82. The summed E-state index contributed by atoms with van der Waals surface area (Å²) >= 11 is 0. The standard InChI is InChI=1S/C13H24N4O3.ClH/c1-6-8(2)11(14)13(18)17(4)7-10-15-12(16-20-10)9(3)19-5;/h8-9,11H,6-7,14H2,1-5H3;1H. The molecular weight excluding hydrogens is 296 g/mol. The molecule has 1 aromatic heterocycles. The molecule has 0 spiro atoms. The Kier molecular flexibility index (Phi) is 8.46. The van der Waals surface area contributed by atoms with Gasteiger partial charge in [0.25, 0.3) is 0 Å². The van der Waals surface area contributed by atoms with Crippen molar-refractivity contribution in [1.82, 2.24) is 15.0 Å². The lowest BCUT2D eigenvalue weighted by atomic mass is 9.99. The number of nitrogens with zero attached hydrogens (tertiary/aromatic N) is 3. The molecule has 0 bridgehead atoms. The van der Waals surface area contributed by atoms with Crippen molar-refractivity contribution in [2.75, 3.05) is 14.2 Å². The second-order valence-electron chi connectivity index (χ2n) is 5.03. The van der Waals surface area contributed by atoms with Crippen LogP contribution in [0.2, 0.25) is 0 Å². The van der Waals surface area contributed by atoms with Crippen molar-refractivity contribution in [1.29, 1.82) is 0 Å². The topological polar surface area (TPSA) is 94.5 Å². The van der Waals surface area contributed by atoms with E-state index in [0.717, 1.165) is 6.42 Å². The number of nitrogens with two attached hydrogens (primary N) is 1. The van der Waals surface area contributed by atoms with Crippen molar-refractivity contribution in [2.24, 2.45) is 11.7 Å². The smallest absolute Gasteiger partial charge is 0.246 e. The van der Waals surface area contributed by atoms with E-state index in [2.05, 4.69) is 10.1 Å². The van der Waals surface area contributed by atoms with Crippen LogP contribution in [0.4, 0.5) is 0 Å². The Hall–Kier alpha value is -1.18. The summed E-state index contributed by atoms with van der Waals surface area (Å²) in [6, 6.07) is -0.509. The van der Waals surface area contributed by atoms with Gasteiger partial charge in [-0.05, 0) is 12.8 Å². The van der Waals surface area contributed by atoms with E-state index in [1.54, 1.807) is 14.2 Å². The van der Waals surface area contributed by atoms with Crippen LogP contribution in [-0.4, -0.2) is 41.1 Å². The zero-order valence-corrected chi connectivity index (χ0v) is 14.0. The highest BCUT2D eigenvalue weighted by Gasteiger charge is 2.24. The fourth-order valence-corrected chi connectivity index (χ4v) is 1.64. The predicted molar refractivity (Wildman–Crippen MR) is 80.9 cm³/mol. The third-order valence-corrected chi connectivity index (χ3v) is 3.49. The maximum absolute atomic E-state index is 12.1. The third kappa shape index (κ3) is 5.26. The van der Waals surface area contributed by atoms with Crippen LogP contribution in [0.15, 0.2) is 4.52 Å². The first-order valence-electron chi connectivity index (χ1n) is 6.76. The van der Waals surface area contributed by atoms with Gasteiger partial charge in [-0.15, -0.1) is 12.4 Å². The largest absolute Gasteiger partial charge is 0.374 e. The third-order valence-electron chi connectivity index (χ3n) is 3.49. The van der Waals surface area contributed by atoms with Gasteiger partial charge in [-0.1, -0.05) is 25.4 Å². The minimum Gasteiger partial charge on any atom is -0.374 e. The maximum atomic E-state index is 12.1. The molecule has 0 saturated carbocycles. The molecule has 0 aliphatic heterocycles. The van der Waals surface area contributed by atoms with E-state index in [9.17, 15) is 4.79 Å². The molecule has 0 aliphatic rings. The first kappa shape index (κ1) is 19.8. The molecule has 0 saturated heterocycles. The number of methoxy groups -OCH3 is 1. The molecule has 3 unspecified atom stereocenters. The second kappa shape index (κ2) is 8.96. The van der Waals surface area contributed by atoms with E-state index in [4.69, 9.17) is 15.0 Å². The van der Waals surface area contributed by atoms with Crippen molar-refractivity contribution < 1.29 is 14.1 Å². The van der Waals surface area contributed by atoms with E-state index in [1.165, 1.54) is 4.90 Å². The highest BCUT2D eigenvalue weighted by Crippen LogP contribution is 2.13. The number of rotatable bonds is 7. The maximum Gasteiger partial charge on any atom is 0.246 e. The fourth-order valence-electron chi connectivity index (χ4n) is 1.64. The summed E-state index contributed by atoms with van der Waals surface area (Å²) in [5.41, 5.74) is 5.92. The molecule has 3 atom stereocenters. The average Bonchev–Trinajstić information content (AvgIpc) is 2.92. The first-order chi connectivity index (χ1) is 9.40. The van der Waals surface area contributed by atoms with Crippen LogP contribution in [0.3, 0.4) is 0 Å². The summed E-state index contributed by atoms with van der Waals surface area (Å²) in [6.07, 6.45) is 0.618. The van der Waals surface area contributed by atoms with Gasteiger partial charge in [-0.2, -0.15) is 4.98 Å². The number of carbonyl (C=O) groups is 1. The van der Waals surface area contributed by atoms with Crippen LogP contribution in [0.5, 0.6) is 0 Å². The molecule has 0 fully saturated rings. The zero-order valence-electron chi connectivity index (χ0n) is 13.2. The zero-order chi connectivity index (χ0) is 15.3. The summed E-state index contributed by atoms with van der Waals surface area (Å²) in [7, 11) is 3.25. The fraction of sp³-hybridized carbons (Fsp3) is 0.769. The van der Waals surface area contributed by atoms with Gasteiger partial charge in [0.15, 0.2) is 5.82 Å². The second-order valence-corrected chi connectivity index (χ2v) is 5.03. The van der Waals surface area contributed by atoms with Crippen molar-refractivity contribution in [2.45, 2.75) is 45.9 Å². The number of aromatic nitrogens is 2. The monoisotopic (exact) mass is 320 g/mol. The van der Waals surface area contributed by atoms with Gasteiger partial charge in [-0.25, -0.2) is 0 Å². The Balaban J connectivity index is 0.00000400. The van der Waals surface area contributed by atoms with Crippen LogP contribution in [0, 0.1) is 5.92 Å². The molecule has 1 rings (SSSR count). The molecule has 2 N–H and O–H groups in total. The molecule has 122 valence electrons. The van der Waals surface area contributed by atoms with Gasteiger partial charge in [0, 0.05) is 14.2 Å². The minimum atomic E-state index is -0.509. The van der Waals surface area contributed by atoms with Crippen molar-refractivity contribution >= 4 is 18.3 Å². The number of hydrogen-bond donors (Lipinski definition) is 1. The molecule has 0 radical (unpaired) electrons. The first-order valence-corrected chi connectivity index (χ1v) is 6.76. The Morgan fingerprint density at radius 3 is 2.62 bits per heavy atom. The lowest BCUT2D eigenvalue weighted by molar-refractivity contribution is -0.133. The van der Waals surface area contributed by atoms with Crippen molar-refractivity contribution in [3.63, 3.8) is 0 Å². The number of likely N-dealkylation sites (N-methyl/N-ethyl adjacent to an activating group) is 1. The van der Waals surface area contributed by atoms with Crippen molar-refractivity contribution in [3.8, 4) is 0 Å². The van der Waals surface area contributed by atoms with E-state index < -0.39 is 6.04 Å². The normalized spacial score (nSPS) is 15.0. The van der Waals surface area contributed by atoms with E-state index >= 15 is 0 Å². The van der Waals surface area contributed by atoms with Crippen LogP contribution in [0.1, 0.15) is 45.0 Å². The van der Waals surface area contributed by atoms with Gasteiger partial charge < -0.3 is 19.9 Å². The molecule has 8 heteroatoms. The molecule has 0 aromatic carbocycles. The molecule has 7 nitrogen and oxygen atoms in total. The molecule has 1 heterocycles. The highest BCUT2D eigenvalue weighted by molar-refractivity contribution is 5.85. The lowest BCUT2D eigenvalue weighted by Crippen LogP contribution is -2.45. The van der Waals surface area contributed by atoms with Gasteiger partial charge in [-0.3, -0.25) is 4.79 Å². The Labute approximate surface area is 131 Å². The van der Waals surface area contributed by atoms with Gasteiger partial charge in [0.05, 0.1) is 12.6 Å². The number of carbonyl (C=O) groups excluding carboxylic acids is 1. The minimum absolute atomic E-state index is 0. The number of amides is 1. The van der Waals surface area contributed by atoms with Crippen LogP contribution in [-0.2, 0) is 16.1 Å².